The number of aliphatic hydroxyl groups excluding tert-OH is 2. The minimum Gasteiger partial charge on any atom is -0.496 e. The molecule has 5 aromatic carbocycles. The molecule has 15 heteroatoms. The largest absolute Gasteiger partial charge is 0.496 e. The van der Waals surface area contributed by atoms with E-state index in [4.69, 9.17) is 16.3 Å². The van der Waals surface area contributed by atoms with Crippen LogP contribution in [-0.2, 0) is 35.7 Å². The molecule has 11 nitrogen and oxygen atoms in total. The van der Waals surface area contributed by atoms with Gasteiger partial charge in [0, 0.05) is 47.0 Å². The Morgan fingerprint density at radius 2 is 1.35 bits per heavy atom. The second kappa shape index (κ2) is 18.5. The highest BCUT2D eigenvalue weighted by atomic mass is 35.5. The lowest BCUT2D eigenvalue weighted by Gasteiger charge is -2.38. The van der Waals surface area contributed by atoms with Gasteiger partial charge in [0.1, 0.15) is 11.6 Å². The number of hydrogen-bond acceptors (Lipinski definition) is 9. The van der Waals surface area contributed by atoms with E-state index in [0.717, 1.165) is 5.56 Å². The van der Waals surface area contributed by atoms with E-state index < -0.39 is 60.4 Å². The number of rotatable bonds is 13. The number of halogens is 2. The number of benzene rings is 5. The molecule has 0 fully saturated rings. The van der Waals surface area contributed by atoms with Crippen molar-refractivity contribution in [3.8, 4) is 5.75 Å². The maximum absolute atomic E-state index is 14.8. The molecular formula is C48H50ClFN2O9S2. The third-order valence-electron chi connectivity index (χ3n) is 12.4. The van der Waals surface area contributed by atoms with Crippen molar-refractivity contribution in [3.63, 3.8) is 0 Å². The molecule has 2 aliphatic carbocycles. The van der Waals surface area contributed by atoms with E-state index in [1.54, 1.807) is 75.4 Å². The van der Waals surface area contributed by atoms with Gasteiger partial charge in [0.25, 0.3) is 0 Å². The van der Waals surface area contributed by atoms with Gasteiger partial charge in [-0.2, -0.15) is 0 Å². The van der Waals surface area contributed by atoms with Crippen LogP contribution in [0.25, 0.3) is 0 Å². The monoisotopic (exact) mass is 916 g/mol. The molecule has 0 bridgehead atoms. The summed E-state index contributed by atoms with van der Waals surface area (Å²) in [5.41, 5.74) is 4.09. The predicted octanol–water partition coefficient (Wildman–Crippen LogP) is 8.55. The van der Waals surface area contributed by atoms with E-state index in [1.807, 2.05) is 0 Å². The van der Waals surface area contributed by atoms with Crippen molar-refractivity contribution in [1.29, 1.82) is 0 Å². The summed E-state index contributed by atoms with van der Waals surface area (Å²) in [6, 6.07) is 26.3. The fourth-order valence-electron chi connectivity index (χ4n) is 8.85. The first-order chi connectivity index (χ1) is 30.0. The normalized spacial score (nSPS) is 20.3. The molecule has 7 rings (SSSR count). The maximum atomic E-state index is 14.8. The SMILES string of the molecule is COc1cc(S(=O)(=O)C2C[C@H](CO)Cc3ccc(NC(=O)[C@@H](C)c4ccc(F)cc4)cc32)ccc1C1c2ccc(NC(=O)C(C)C)cc2C(S(=O)(=O)c2cccc(Cl)c2)C[C@@H]1CO. The fraction of sp³-hybridized carbons (Fsp3) is 0.333. The standard InChI is InChI=1S/C48H50ClFN2O9S2/c1-27(2)47(55)51-36-14-16-39-42(23-36)45(62(57,58)37-7-5-6-33(49)21-37)20-32(26-54)46(39)40-17-15-38(24-43(40)61-4)63(59,60)44-19-29(25-53)18-31-10-13-35(22-41(31)44)52-48(56)28(3)30-8-11-34(50)12-9-30/h5-17,21-24,27-29,32,44-46,53-54H,18-20,25-26H2,1-4H3,(H,51,55)(H,52,56)/t28-,29+,32+,44?,45?,46?/m0/s1. The minimum absolute atomic E-state index is 0.00614. The van der Waals surface area contributed by atoms with Gasteiger partial charge in [-0.25, -0.2) is 21.2 Å². The van der Waals surface area contributed by atoms with E-state index in [2.05, 4.69) is 10.6 Å². The van der Waals surface area contributed by atoms with Crippen molar-refractivity contribution >= 4 is 54.5 Å². The van der Waals surface area contributed by atoms with Crippen molar-refractivity contribution in [1.82, 2.24) is 0 Å². The van der Waals surface area contributed by atoms with Gasteiger partial charge in [-0.3, -0.25) is 9.59 Å². The smallest absolute Gasteiger partial charge is 0.231 e. The second-order valence-corrected chi connectivity index (χ2v) is 21.4. The van der Waals surface area contributed by atoms with Crippen LogP contribution in [0.4, 0.5) is 15.8 Å². The Balaban J connectivity index is 1.27. The van der Waals surface area contributed by atoms with Crippen molar-refractivity contribution in [3.05, 3.63) is 147 Å². The highest BCUT2D eigenvalue weighted by Crippen LogP contribution is 2.52. The molecule has 0 aromatic heterocycles. The predicted molar refractivity (Wildman–Crippen MR) is 240 cm³/mol. The lowest BCUT2D eigenvalue weighted by Crippen LogP contribution is -2.31. The Bertz CT molecular complexity index is 2760. The zero-order valence-electron chi connectivity index (χ0n) is 35.2. The van der Waals surface area contributed by atoms with E-state index in [9.17, 15) is 41.0 Å². The number of anilines is 2. The van der Waals surface area contributed by atoms with Crippen molar-refractivity contribution in [2.24, 2.45) is 17.8 Å². The molecule has 3 unspecified atom stereocenters. The van der Waals surface area contributed by atoms with Crippen LogP contribution in [0.3, 0.4) is 0 Å². The maximum Gasteiger partial charge on any atom is 0.231 e. The molecular weight excluding hydrogens is 867 g/mol. The molecule has 6 atom stereocenters. The van der Waals surface area contributed by atoms with Crippen LogP contribution in [-0.4, -0.2) is 59.2 Å². The summed E-state index contributed by atoms with van der Waals surface area (Å²) in [6.45, 7) is 4.53. The Labute approximate surface area is 372 Å². The number of carbonyl (C=O) groups excluding carboxylic acids is 2. The zero-order valence-corrected chi connectivity index (χ0v) is 37.6. The van der Waals surface area contributed by atoms with Crippen molar-refractivity contribution in [2.75, 3.05) is 31.0 Å². The molecule has 0 saturated heterocycles. The molecule has 63 heavy (non-hydrogen) atoms. The summed E-state index contributed by atoms with van der Waals surface area (Å²) >= 11 is 6.24. The third kappa shape index (κ3) is 9.28. The topological polar surface area (TPSA) is 176 Å². The fourth-order valence-corrected chi connectivity index (χ4v) is 13.0. The number of methoxy groups -OCH3 is 1. The molecule has 2 amide bonds. The summed E-state index contributed by atoms with van der Waals surface area (Å²) in [7, 11) is -6.88. The van der Waals surface area contributed by atoms with Gasteiger partial charge >= 0.3 is 0 Å². The van der Waals surface area contributed by atoms with Gasteiger partial charge in [-0.05, 0) is 133 Å². The zero-order chi connectivity index (χ0) is 45.4. The molecule has 0 heterocycles. The van der Waals surface area contributed by atoms with E-state index in [1.165, 1.54) is 55.6 Å². The molecule has 4 N–H and O–H groups in total. The summed E-state index contributed by atoms with van der Waals surface area (Å²) in [5.74, 6) is -3.49. The Morgan fingerprint density at radius 1 is 0.730 bits per heavy atom. The van der Waals surface area contributed by atoms with Crippen LogP contribution in [0.15, 0.2) is 113 Å². The van der Waals surface area contributed by atoms with Crippen LogP contribution in [0.1, 0.15) is 89.3 Å². The van der Waals surface area contributed by atoms with Gasteiger partial charge < -0.3 is 25.6 Å². The second-order valence-electron chi connectivity index (χ2n) is 16.7. The highest BCUT2D eigenvalue weighted by molar-refractivity contribution is 7.92. The number of fused-ring (bicyclic) bond motifs is 2. The number of amides is 2. The molecule has 5 aromatic rings. The Hall–Kier alpha value is -5.12. The summed E-state index contributed by atoms with van der Waals surface area (Å²) in [5, 5.41) is 25.0. The van der Waals surface area contributed by atoms with Crippen molar-refractivity contribution < 1.29 is 45.8 Å². The molecule has 0 saturated carbocycles. The molecule has 2 aliphatic rings. The average molecular weight is 918 g/mol. The van der Waals surface area contributed by atoms with Crippen LogP contribution < -0.4 is 15.4 Å². The third-order valence-corrected chi connectivity index (χ3v) is 16.8. The first kappa shape index (κ1) is 45.9. The summed E-state index contributed by atoms with van der Waals surface area (Å²) < 4.78 is 77.9. The van der Waals surface area contributed by atoms with Crippen LogP contribution >= 0.6 is 11.6 Å². The van der Waals surface area contributed by atoms with Gasteiger partial charge in [0.15, 0.2) is 19.7 Å². The summed E-state index contributed by atoms with van der Waals surface area (Å²) in [6.07, 6.45) is 0.525. The molecule has 0 aliphatic heterocycles. The average Bonchev–Trinajstić information content (AvgIpc) is 3.27. The lowest BCUT2D eigenvalue weighted by atomic mass is 9.71. The van der Waals surface area contributed by atoms with E-state index in [-0.39, 0.29) is 63.7 Å². The van der Waals surface area contributed by atoms with Gasteiger partial charge in [0.2, 0.25) is 11.8 Å². The van der Waals surface area contributed by atoms with Gasteiger partial charge in [0.05, 0.1) is 33.3 Å². The first-order valence-electron chi connectivity index (χ1n) is 20.7. The lowest BCUT2D eigenvalue weighted by molar-refractivity contribution is -0.119. The Kier molecular flexibility index (Phi) is 13.5. The quantitative estimate of drug-likeness (QED) is 0.0902. The van der Waals surface area contributed by atoms with Crippen molar-refractivity contribution in [2.45, 2.75) is 72.2 Å². The number of ether oxygens (including phenoxy) is 1. The van der Waals surface area contributed by atoms with Crippen LogP contribution in [0, 0.1) is 23.6 Å². The van der Waals surface area contributed by atoms with Crippen LogP contribution in [0.2, 0.25) is 5.02 Å². The summed E-state index contributed by atoms with van der Waals surface area (Å²) in [4.78, 5) is 26.0. The van der Waals surface area contributed by atoms with Gasteiger partial charge in [-0.15, -0.1) is 0 Å². The van der Waals surface area contributed by atoms with Gasteiger partial charge in [-0.1, -0.05) is 61.8 Å². The highest BCUT2D eigenvalue weighted by Gasteiger charge is 2.44. The van der Waals surface area contributed by atoms with E-state index in [0.29, 0.717) is 45.6 Å². The van der Waals surface area contributed by atoms with E-state index >= 15 is 0 Å². The number of nitrogens with one attached hydrogen (secondary N) is 2. The van der Waals surface area contributed by atoms with Crippen LogP contribution in [0.5, 0.6) is 5.75 Å². The number of aliphatic hydroxyl groups is 2. The molecule has 332 valence electrons. The Morgan fingerprint density at radius 3 is 1.98 bits per heavy atom. The minimum atomic E-state index is -4.19. The molecule has 0 radical (unpaired) electrons. The first-order valence-corrected chi connectivity index (χ1v) is 24.2. The number of sulfone groups is 2. The number of carbonyl (C=O) groups is 2. The molecule has 0 spiro atoms. The number of hydrogen-bond donors (Lipinski definition) is 4.